The number of aromatic amines is 1. The molecule has 4 rings (SSSR count). The molecule has 0 unspecified atom stereocenters. The second kappa shape index (κ2) is 6.09. The fraction of sp³-hybridized carbons (Fsp3) is 0.286. The lowest BCUT2D eigenvalue weighted by Crippen LogP contribution is -2.35. The molecule has 0 spiro atoms. The molecule has 1 aliphatic rings. The van der Waals surface area contributed by atoms with Crippen LogP contribution in [-0.4, -0.2) is 24.1 Å². The second-order valence-corrected chi connectivity index (χ2v) is 7.11. The Labute approximate surface area is 152 Å². The van der Waals surface area contributed by atoms with Crippen LogP contribution in [0.2, 0.25) is 0 Å². The number of para-hydroxylation sites is 1. The van der Waals surface area contributed by atoms with Crippen molar-refractivity contribution in [3.8, 4) is 11.5 Å². The van der Waals surface area contributed by atoms with E-state index in [1.54, 1.807) is 0 Å². The number of aromatic nitrogens is 1. The number of ether oxygens (including phenoxy) is 2. The zero-order valence-corrected chi connectivity index (χ0v) is 15.2. The van der Waals surface area contributed by atoms with Gasteiger partial charge in [0.05, 0.1) is 5.41 Å². The molecule has 1 amide bonds. The number of benzene rings is 2. The van der Waals surface area contributed by atoms with E-state index in [4.69, 9.17) is 9.47 Å². The minimum absolute atomic E-state index is 0.0676. The Balaban J connectivity index is 1.65. The summed E-state index contributed by atoms with van der Waals surface area (Å²) in [5.41, 5.74) is 3.07. The summed E-state index contributed by atoms with van der Waals surface area (Å²) in [6.07, 6.45) is 0. The third-order valence-electron chi connectivity index (χ3n) is 4.89. The maximum Gasteiger partial charge on any atom is 0.234 e. The minimum atomic E-state index is -0.697. The highest BCUT2D eigenvalue weighted by Gasteiger charge is 2.34. The molecule has 0 atom stereocenters. The SMILES string of the molecule is Cc1[nH]c2ccccc2c1C(C)(C)C(=O)Nc1ccc2c(c1)OCCO2. The third-order valence-corrected chi connectivity index (χ3v) is 4.89. The Bertz CT molecular complexity index is 988. The third kappa shape index (κ3) is 2.69. The maximum atomic E-state index is 13.1. The fourth-order valence-corrected chi connectivity index (χ4v) is 3.60. The van der Waals surface area contributed by atoms with Gasteiger partial charge in [-0.3, -0.25) is 4.79 Å². The Morgan fingerprint density at radius 1 is 1.08 bits per heavy atom. The van der Waals surface area contributed by atoms with E-state index < -0.39 is 5.41 Å². The molecule has 134 valence electrons. The van der Waals surface area contributed by atoms with E-state index in [1.165, 1.54) is 0 Å². The highest BCUT2D eigenvalue weighted by Crippen LogP contribution is 2.36. The predicted molar refractivity (Wildman–Crippen MR) is 102 cm³/mol. The van der Waals surface area contributed by atoms with Gasteiger partial charge in [-0.15, -0.1) is 0 Å². The molecule has 1 aliphatic heterocycles. The molecule has 2 heterocycles. The standard InChI is InChI=1S/C21H22N2O3/c1-13-19(15-6-4-5-7-16(15)22-13)21(2,3)20(24)23-14-8-9-17-18(12-14)26-11-10-25-17/h4-9,12,22H,10-11H2,1-3H3,(H,23,24). The smallest absolute Gasteiger partial charge is 0.234 e. The van der Waals surface area contributed by atoms with Gasteiger partial charge in [-0.05, 0) is 44.5 Å². The zero-order valence-electron chi connectivity index (χ0n) is 15.2. The summed E-state index contributed by atoms with van der Waals surface area (Å²) in [5.74, 6) is 1.30. The quantitative estimate of drug-likeness (QED) is 0.745. The van der Waals surface area contributed by atoms with Crippen LogP contribution in [0.25, 0.3) is 10.9 Å². The number of fused-ring (bicyclic) bond motifs is 2. The Morgan fingerprint density at radius 2 is 1.81 bits per heavy atom. The Kier molecular flexibility index (Phi) is 3.87. The first-order chi connectivity index (χ1) is 12.5. The number of amides is 1. The van der Waals surface area contributed by atoms with E-state index in [2.05, 4.69) is 10.3 Å². The summed E-state index contributed by atoms with van der Waals surface area (Å²) in [7, 11) is 0. The van der Waals surface area contributed by atoms with Gasteiger partial charge in [0.2, 0.25) is 5.91 Å². The van der Waals surface area contributed by atoms with Crippen LogP contribution in [0.5, 0.6) is 11.5 Å². The van der Waals surface area contributed by atoms with Crippen molar-refractivity contribution >= 4 is 22.5 Å². The predicted octanol–water partition coefficient (Wildman–Crippen LogP) is 4.16. The van der Waals surface area contributed by atoms with E-state index in [9.17, 15) is 4.79 Å². The first-order valence-corrected chi connectivity index (χ1v) is 8.76. The average Bonchev–Trinajstić information content (AvgIpc) is 2.98. The highest BCUT2D eigenvalue weighted by atomic mass is 16.6. The van der Waals surface area contributed by atoms with Gasteiger partial charge < -0.3 is 19.8 Å². The van der Waals surface area contributed by atoms with Gasteiger partial charge in [0.1, 0.15) is 13.2 Å². The van der Waals surface area contributed by atoms with Crippen LogP contribution in [0, 0.1) is 6.92 Å². The van der Waals surface area contributed by atoms with Crippen molar-refractivity contribution in [2.45, 2.75) is 26.2 Å². The minimum Gasteiger partial charge on any atom is -0.486 e. The number of carbonyl (C=O) groups is 1. The van der Waals surface area contributed by atoms with Crippen molar-refractivity contribution in [3.63, 3.8) is 0 Å². The normalized spacial score (nSPS) is 13.7. The van der Waals surface area contributed by atoms with Crippen LogP contribution in [0.3, 0.4) is 0 Å². The van der Waals surface area contributed by atoms with E-state index in [1.807, 2.05) is 63.2 Å². The van der Waals surface area contributed by atoms with Gasteiger partial charge in [-0.1, -0.05) is 18.2 Å². The zero-order chi connectivity index (χ0) is 18.3. The number of carbonyl (C=O) groups excluding carboxylic acids is 1. The van der Waals surface area contributed by atoms with Crippen LogP contribution >= 0.6 is 0 Å². The molecule has 0 fully saturated rings. The summed E-state index contributed by atoms with van der Waals surface area (Å²) < 4.78 is 11.1. The number of H-pyrrole nitrogens is 1. The number of aryl methyl sites for hydroxylation is 1. The van der Waals surface area contributed by atoms with Gasteiger partial charge in [0.25, 0.3) is 0 Å². The van der Waals surface area contributed by atoms with Crippen molar-refractivity contribution < 1.29 is 14.3 Å². The monoisotopic (exact) mass is 350 g/mol. The van der Waals surface area contributed by atoms with Crippen molar-refractivity contribution in [1.82, 2.24) is 4.98 Å². The van der Waals surface area contributed by atoms with E-state index >= 15 is 0 Å². The first kappa shape index (κ1) is 16.5. The lowest BCUT2D eigenvalue weighted by molar-refractivity contribution is -0.120. The van der Waals surface area contributed by atoms with Crippen LogP contribution in [0.1, 0.15) is 25.1 Å². The van der Waals surface area contributed by atoms with E-state index in [0.29, 0.717) is 30.4 Å². The Hall–Kier alpha value is -2.95. The number of hydrogen-bond donors (Lipinski definition) is 2. The molecule has 5 heteroatoms. The molecule has 2 aromatic carbocycles. The highest BCUT2D eigenvalue weighted by molar-refractivity contribution is 6.02. The van der Waals surface area contributed by atoms with Crippen LogP contribution in [0.4, 0.5) is 5.69 Å². The molecule has 26 heavy (non-hydrogen) atoms. The van der Waals surface area contributed by atoms with Crippen molar-refractivity contribution in [1.29, 1.82) is 0 Å². The average molecular weight is 350 g/mol. The summed E-state index contributed by atoms with van der Waals surface area (Å²) in [6.45, 7) is 6.97. The van der Waals surface area contributed by atoms with Gasteiger partial charge in [-0.2, -0.15) is 0 Å². The summed E-state index contributed by atoms with van der Waals surface area (Å²) in [4.78, 5) is 16.5. The van der Waals surface area contributed by atoms with Gasteiger partial charge in [0.15, 0.2) is 11.5 Å². The summed E-state index contributed by atoms with van der Waals surface area (Å²) in [6, 6.07) is 13.5. The first-order valence-electron chi connectivity index (χ1n) is 8.76. The lowest BCUT2D eigenvalue weighted by atomic mass is 9.81. The van der Waals surface area contributed by atoms with Crippen LogP contribution in [0.15, 0.2) is 42.5 Å². The topological polar surface area (TPSA) is 63.4 Å². The van der Waals surface area contributed by atoms with Crippen molar-refractivity contribution in [2.75, 3.05) is 18.5 Å². The number of anilines is 1. The van der Waals surface area contributed by atoms with Crippen LogP contribution in [-0.2, 0) is 10.2 Å². The fourth-order valence-electron chi connectivity index (χ4n) is 3.60. The number of rotatable bonds is 3. The van der Waals surface area contributed by atoms with E-state index in [-0.39, 0.29) is 5.91 Å². The molecule has 0 radical (unpaired) electrons. The maximum absolute atomic E-state index is 13.1. The summed E-state index contributed by atoms with van der Waals surface area (Å²) in [5, 5.41) is 4.10. The lowest BCUT2D eigenvalue weighted by Gasteiger charge is -2.25. The molecule has 1 aromatic heterocycles. The van der Waals surface area contributed by atoms with Gasteiger partial charge >= 0.3 is 0 Å². The summed E-state index contributed by atoms with van der Waals surface area (Å²) >= 11 is 0. The molecule has 5 nitrogen and oxygen atoms in total. The molecule has 0 saturated heterocycles. The van der Waals surface area contributed by atoms with Crippen LogP contribution < -0.4 is 14.8 Å². The molecular formula is C21H22N2O3. The molecule has 0 bridgehead atoms. The van der Waals surface area contributed by atoms with Gasteiger partial charge in [-0.25, -0.2) is 0 Å². The largest absolute Gasteiger partial charge is 0.486 e. The molecular weight excluding hydrogens is 328 g/mol. The molecule has 0 aliphatic carbocycles. The molecule has 3 aromatic rings. The number of hydrogen-bond acceptors (Lipinski definition) is 3. The molecule has 2 N–H and O–H groups in total. The van der Waals surface area contributed by atoms with Gasteiger partial charge in [0, 0.05) is 28.4 Å². The Morgan fingerprint density at radius 3 is 2.62 bits per heavy atom. The van der Waals surface area contributed by atoms with Crippen molar-refractivity contribution in [2.24, 2.45) is 0 Å². The van der Waals surface area contributed by atoms with Crippen molar-refractivity contribution in [3.05, 3.63) is 53.7 Å². The molecule has 0 saturated carbocycles. The van der Waals surface area contributed by atoms with E-state index in [0.717, 1.165) is 22.2 Å². The second-order valence-electron chi connectivity index (χ2n) is 7.11. The number of nitrogens with one attached hydrogen (secondary N) is 2.